The van der Waals surface area contributed by atoms with Crippen LogP contribution in [0.1, 0.15) is 92.6 Å². The molecule has 1 spiro atoms. The van der Waals surface area contributed by atoms with Crippen LogP contribution in [0.15, 0.2) is 48.8 Å². The summed E-state index contributed by atoms with van der Waals surface area (Å²) in [4.78, 5) is 16.8. The third kappa shape index (κ3) is 4.33. The largest absolute Gasteiger partial charge is 0.341 e. The van der Waals surface area contributed by atoms with Crippen molar-refractivity contribution >= 4 is 0 Å². The van der Waals surface area contributed by atoms with Crippen molar-refractivity contribution in [3.05, 3.63) is 71.6 Å². The van der Waals surface area contributed by atoms with Gasteiger partial charge in [0.1, 0.15) is 11.6 Å². The van der Waals surface area contributed by atoms with Crippen molar-refractivity contribution in [1.29, 1.82) is 0 Å². The Kier molecular flexibility index (Phi) is 6.14. The molecule has 0 amide bonds. The maximum atomic E-state index is 4.82. The van der Waals surface area contributed by atoms with Gasteiger partial charge >= 0.3 is 0 Å². The summed E-state index contributed by atoms with van der Waals surface area (Å²) in [7, 11) is 0. The Hall–Kier alpha value is -3.22. The Morgan fingerprint density at radius 2 is 1.18 bits per heavy atom. The topological polar surface area (TPSA) is 81.4 Å². The molecule has 1 unspecified atom stereocenters. The number of aromatic nitrogens is 4. The van der Waals surface area contributed by atoms with E-state index in [1.807, 2.05) is 6.20 Å². The zero-order valence-electron chi connectivity index (χ0n) is 23.4. The zero-order valence-corrected chi connectivity index (χ0v) is 23.4. The molecule has 0 radical (unpaired) electrons. The lowest BCUT2D eigenvalue weighted by molar-refractivity contribution is 0.203. The number of nitrogens with one attached hydrogen (secondary N) is 4. The molecular formula is C34H40N6. The smallest absolute Gasteiger partial charge is 0.123 e. The van der Waals surface area contributed by atoms with Crippen LogP contribution in [0, 0.1) is 5.41 Å². The van der Waals surface area contributed by atoms with Crippen LogP contribution in [-0.4, -0.2) is 33.0 Å². The predicted octanol–water partition coefficient (Wildman–Crippen LogP) is 7.03. The number of rotatable bonds is 5. The first-order valence-corrected chi connectivity index (χ1v) is 15.6. The van der Waals surface area contributed by atoms with Crippen molar-refractivity contribution in [2.75, 3.05) is 13.1 Å². The second kappa shape index (κ2) is 10.0. The molecule has 2 aliphatic carbocycles. The first-order chi connectivity index (χ1) is 19.7. The highest BCUT2D eigenvalue weighted by molar-refractivity contribution is 5.78. The third-order valence-corrected chi connectivity index (χ3v) is 10.2. The average Bonchev–Trinajstić information content (AvgIpc) is 3.82. The van der Waals surface area contributed by atoms with Gasteiger partial charge in [-0.2, -0.15) is 0 Å². The van der Waals surface area contributed by atoms with Gasteiger partial charge < -0.3 is 20.6 Å². The molecule has 6 nitrogen and oxygen atoms in total. The molecule has 2 aliphatic heterocycles. The van der Waals surface area contributed by atoms with E-state index in [1.54, 1.807) is 11.1 Å². The fraction of sp³-hybridized carbons (Fsp3) is 0.471. The fourth-order valence-electron chi connectivity index (χ4n) is 8.06. The lowest BCUT2D eigenvalue weighted by Gasteiger charge is -2.33. The SMILES string of the molecule is c1cc(-c2ccc(-c3cnc([C@@H]4CCCN4)[nH]3)c3c2CC2(CCCCC2)C3)ccc1-c1cnc(C2CCCN2)[nH]1. The number of imidazole rings is 2. The van der Waals surface area contributed by atoms with Gasteiger partial charge in [0, 0.05) is 5.56 Å². The normalized spacial score (nSPS) is 23.7. The number of benzene rings is 2. The lowest BCUT2D eigenvalue weighted by Crippen LogP contribution is -2.24. The van der Waals surface area contributed by atoms with Gasteiger partial charge in [-0.15, -0.1) is 0 Å². The van der Waals surface area contributed by atoms with Gasteiger partial charge in [-0.05, 0) is 97.7 Å². The highest BCUT2D eigenvalue weighted by atomic mass is 15.0. The zero-order chi connectivity index (χ0) is 26.5. The van der Waals surface area contributed by atoms with Crippen LogP contribution < -0.4 is 10.6 Å². The Morgan fingerprint density at radius 3 is 1.82 bits per heavy atom. The molecule has 206 valence electrons. The number of aromatic amines is 2. The van der Waals surface area contributed by atoms with Crippen LogP contribution in [0.2, 0.25) is 0 Å². The van der Waals surface area contributed by atoms with Gasteiger partial charge in [0.15, 0.2) is 0 Å². The van der Waals surface area contributed by atoms with Crippen molar-refractivity contribution in [2.45, 2.75) is 82.7 Å². The quantitative estimate of drug-likeness (QED) is 0.222. The summed E-state index contributed by atoms with van der Waals surface area (Å²) in [5, 5.41) is 7.14. The Morgan fingerprint density at radius 1 is 0.600 bits per heavy atom. The van der Waals surface area contributed by atoms with Crippen LogP contribution >= 0.6 is 0 Å². The predicted molar refractivity (Wildman–Crippen MR) is 160 cm³/mol. The van der Waals surface area contributed by atoms with Gasteiger partial charge in [-0.1, -0.05) is 55.7 Å². The van der Waals surface area contributed by atoms with Crippen LogP contribution in [-0.2, 0) is 12.8 Å². The van der Waals surface area contributed by atoms with Crippen LogP contribution in [0.3, 0.4) is 0 Å². The van der Waals surface area contributed by atoms with E-state index in [9.17, 15) is 0 Å². The second-order valence-electron chi connectivity index (χ2n) is 12.8. The minimum absolute atomic E-state index is 0.363. The van der Waals surface area contributed by atoms with E-state index < -0.39 is 0 Å². The number of hydrogen-bond donors (Lipinski definition) is 4. The number of hydrogen-bond acceptors (Lipinski definition) is 4. The molecule has 0 bridgehead atoms. The molecule has 4 aliphatic rings. The summed E-state index contributed by atoms with van der Waals surface area (Å²) >= 11 is 0. The van der Waals surface area contributed by atoms with Crippen molar-refractivity contribution < 1.29 is 0 Å². The standard InChI is InChI=1S/C34H40N6/c1-2-14-34(15-3-1)18-26-24(12-13-25(27(26)19-34)31-21-38-33(40-31)29-7-5-17-36-29)22-8-10-23(11-9-22)30-20-37-32(39-30)28-6-4-16-35-28/h8-13,20-21,28-29,35-36H,1-7,14-19H2,(H,37,39)(H,38,40)/t28?,29-/m0/s1. The monoisotopic (exact) mass is 532 g/mol. The summed E-state index contributed by atoms with van der Waals surface area (Å²) in [6.45, 7) is 2.17. The highest BCUT2D eigenvalue weighted by Crippen LogP contribution is 2.52. The first kappa shape index (κ1) is 24.6. The number of nitrogens with zero attached hydrogens (tertiary/aromatic N) is 2. The highest BCUT2D eigenvalue weighted by Gasteiger charge is 2.40. The lowest BCUT2D eigenvalue weighted by atomic mass is 9.72. The van der Waals surface area contributed by atoms with Gasteiger partial charge in [0.2, 0.25) is 0 Å². The van der Waals surface area contributed by atoms with Crippen molar-refractivity contribution in [2.24, 2.45) is 5.41 Å². The van der Waals surface area contributed by atoms with E-state index in [0.29, 0.717) is 17.5 Å². The summed E-state index contributed by atoms with van der Waals surface area (Å²) < 4.78 is 0. The summed E-state index contributed by atoms with van der Waals surface area (Å²) in [5.41, 5.74) is 11.1. The van der Waals surface area contributed by atoms with Crippen LogP contribution in [0.4, 0.5) is 0 Å². The van der Waals surface area contributed by atoms with Crippen molar-refractivity contribution in [3.63, 3.8) is 0 Å². The van der Waals surface area contributed by atoms with E-state index >= 15 is 0 Å². The van der Waals surface area contributed by atoms with Gasteiger partial charge in [0.05, 0.1) is 35.9 Å². The van der Waals surface area contributed by atoms with E-state index in [0.717, 1.165) is 36.9 Å². The van der Waals surface area contributed by atoms with E-state index in [2.05, 4.69) is 68.2 Å². The molecule has 8 rings (SSSR count). The molecule has 1 saturated carbocycles. The molecule has 2 saturated heterocycles. The van der Waals surface area contributed by atoms with E-state index in [1.165, 1.54) is 92.2 Å². The second-order valence-corrected chi connectivity index (χ2v) is 12.8. The maximum absolute atomic E-state index is 4.82. The van der Waals surface area contributed by atoms with Crippen molar-refractivity contribution in [3.8, 4) is 33.6 Å². The summed E-state index contributed by atoms with van der Waals surface area (Å²) in [6.07, 6.45) is 18.1. The molecule has 3 fully saturated rings. The van der Waals surface area contributed by atoms with Gasteiger partial charge in [-0.25, -0.2) is 9.97 Å². The minimum atomic E-state index is 0.363. The van der Waals surface area contributed by atoms with Gasteiger partial charge in [0.25, 0.3) is 0 Å². The Balaban J connectivity index is 1.13. The number of H-pyrrole nitrogens is 2. The molecule has 40 heavy (non-hydrogen) atoms. The van der Waals surface area contributed by atoms with Crippen molar-refractivity contribution in [1.82, 2.24) is 30.6 Å². The van der Waals surface area contributed by atoms with Gasteiger partial charge in [-0.3, -0.25) is 0 Å². The molecule has 6 heteroatoms. The fourth-order valence-corrected chi connectivity index (χ4v) is 8.06. The Labute approximate surface area is 236 Å². The molecule has 2 aromatic heterocycles. The molecule has 4 heterocycles. The summed E-state index contributed by atoms with van der Waals surface area (Å²) in [5.74, 6) is 2.16. The summed E-state index contributed by atoms with van der Waals surface area (Å²) in [6, 6.07) is 14.6. The van der Waals surface area contributed by atoms with E-state index in [-0.39, 0.29) is 0 Å². The van der Waals surface area contributed by atoms with Crippen LogP contribution in [0.5, 0.6) is 0 Å². The molecule has 2 aromatic carbocycles. The molecular weight excluding hydrogens is 492 g/mol. The average molecular weight is 533 g/mol. The molecule has 4 N–H and O–H groups in total. The number of fused-ring (bicyclic) bond motifs is 1. The minimum Gasteiger partial charge on any atom is -0.341 e. The first-order valence-electron chi connectivity index (χ1n) is 15.6. The molecule has 4 aromatic rings. The van der Waals surface area contributed by atoms with E-state index in [4.69, 9.17) is 4.98 Å². The molecule has 2 atom stereocenters. The maximum Gasteiger partial charge on any atom is 0.123 e. The van der Waals surface area contributed by atoms with Crippen LogP contribution in [0.25, 0.3) is 33.6 Å². The Bertz CT molecular complexity index is 1490. The third-order valence-electron chi connectivity index (χ3n) is 10.2.